The second kappa shape index (κ2) is 6.50. The van der Waals surface area contributed by atoms with Gasteiger partial charge in [-0.05, 0) is 17.7 Å². The third kappa shape index (κ3) is 3.35. The minimum Gasteiger partial charge on any atom is -0.387 e. The molecule has 0 saturated heterocycles. The molecule has 0 saturated carbocycles. The number of aliphatic hydroxyl groups is 1. The highest BCUT2D eigenvalue weighted by atomic mass is 35.5. The van der Waals surface area contributed by atoms with E-state index in [4.69, 9.17) is 11.6 Å². The van der Waals surface area contributed by atoms with Crippen LogP contribution < -0.4 is 5.32 Å². The molecule has 0 aliphatic rings. The van der Waals surface area contributed by atoms with Crippen LogP contribution in [0.2, 0.25) is 5.02 Å². The Balaban J connectivity index is 2.03. The van der Waals surface area contributed by atoms with Crippen LogP contribution in [0, 0.1) is 5.82 Å². The van der Waals surface area contributed by atoms with Gasteiger partial charge in [0.2, 0.25) is 0 Å². The lowest BCUT2D eigenvalue weighted by molar-refractivity contribution is 0.0912. The summed E-state index contributed by atoms with van der Waals surface area (Å²) < 4.78 is 13.5. The van der Waals surface area contributed by atoms with E-state index in [1.165, 1.54) is 12.1 Å². The molecular formula is C15H13ClFNO2. The zero-order valence-electron chi connectivity index (χ0n) is 10.5. The molecule has 0 spiro atoms. The third-order valence-electron chi connectivity index (χ3n) is 2.83. The summed E-state index contributed by atoms with van der Waals surface area (Å²) in [5, 5.41) is 12.4. The van der Waals surface area contributed by atoms with Crippen LogP contribution in [0.4, 0.5) is 4.39 Å². The lowest BCUT2D eigenvalue weighted by atomic mass is 10.1. The molecule has 104 valence electrons. The normalized spacial score (nSPS) is 11.9. The first-order valence-electron chi connectivity index (χ1n) is 6.05. The van der Waals surface area contributed by atoms with E-state index < -0.39 is 17.8 Å². The van der Waals surface area contributed by atoms with Gasteiger partial charge in [-0.25, -0.2) is 4.39 Å². The number of halogens is 2. The highest BCUT2D eigenvalue weighted by molar-refractivity contribution is 6.33. The molecule has 0 fully saturated rings. The second-order valence-corrected chi connectivity index (χ2v) is 4.64. The van der Waals surface area contributed by atoms with Gasteiger partial charge in [0.1, 0.15) is 5.82 Å². The molecule has 0 heterocycles. The zero-order valence-corrected chi connectivity index (χ0v) is 11.3. The fourth-order valence-corrected chi connectivity index (χ4v) is 2.03. The Morgan fingerprint density at radius 1 is 1.20 bits per heavy atom. The fourth-order valence-electron chi connectivity index (χ4n) is 1.79. The smallest absolute Gasteiger partial charge is 0.255 e. The highest BCUT2D eigenvalue weighted by Crippen LogP contribution is 2.19. The molecule has 5 heteroatoms. The van der Waals surface area contributed by atoms with Crippen molar-refractivity contribution in [1.29, 1.82) is 0 Å². The van der Waals surface area contributed by atoms with Gasteiger partial charge in [-0.2, -0.15) is 0 Å². The van der Waals surface area contributed by atoms with E-state index in [1.54, 1.807) is 24.3 Å². The number of rotatable bonds is 4. The summed E-state index contributed by atoms with van der Waals surface area (Å²) in [4.78, 5) is 11.9. The van der Waals surface area contributed by atoms with Crippen molar-refractivity contribution in [3.63, 3.8) is 0 Å². The molecule has 2 N–H and O–H groups in total. The molecule has 1 atom stereocenters. The molecular weight excluding hydrogens is 281 g/mol. The second-order valence-electron chi connectivity index (χ2n) is 4.23. The zero-order chi connectivity index (χ0) is 14.5. The largest absolute Gasteiger partial charge is 0.387 e. The van der Waals surface area contributed by atoms with E-state index in [9.17, 15) is 14.3 Å². The Labute approximate surface area is 121 Å². The lowest BCUT2D eigenvalue weighted by Gasteiger charge is -2.13. The molecule has 2 rings (SSSR count). The minimum atomic E-state index is -0.856. The number of aliphatic hydroxyl groups excluding tert-OH is 1. The van der Waals surface area contributed by atoms with Crippen LogP contribution in [0.1, 0.15) is 22.0 Å². The van der Waals surface area contributed by atoms with Gasteiger partial charge < -0.3 is 10.4 Å². The van der Waals surface area contributed by atoms with Gasteiger partial charge in [0, 0.05) is 6.54 Å². The molecule has 2 aromatic rings. The maximum atomic E-state index is 13.5. The monoisotopic (exact) mass is 293 g/mol. The van der Waals surface area contributed by atoms with Gasteiger partial charge in [0.25, 0.3) is 5.91 Å². The van der Waals surface area contributed by atoms with E-state index in [1.807, 2.05) is 6.07 Å². The van der Waals surface area contributed by atoms with Gasteiger partial charge in [-0.1, -0.05) is 48.0 Å². The van der Waals surface area contributed by atoms with Crippen LogP contribution in [-0.2, 0) is 0 Å². The Kier molecular flexibility index (Phi) is 4.71. The average molecular weight is 294 g/mol. The maximum absolute atomic E-state index is 13.5. The molecule has 0 aromatic heterocycles. The number of benzene rings is 2. The van der Waals surface area contributed by atoms with Gasteiger partial charge >= 0.3 is 0 Å². The summed E-state index contributed by atoms with van der Waals surface area (Å²) in [5.74, 6) is -1.34. The van der Waals surface area contributed by atoms with Crippen molar-refractivity contribution >= 4 is 17.5 Å². The number of carbonyl (C=O) groups excluding carboxylic acids is 1. The first-order valence-corrected chi connectivity index (χ1v) is 6.42. The Hall–Kier alpha value is -1.91. The Morgan fingerprint density at radius 2 is 1.90 bits per heavy atom. The van der Waals surface area contributed by atoms with Crippen LogP contribution in [-0.4, -0.2) is 17.6 Å². The molecule has 0 radical (unpaired) electrons. The predicted octanol–water partition coefficient (Wildman–Crippen LogP) is 2.94. The SMILES string of the molecule is O=C(NCC(O)c1ccccc1)c1c(F)cccc1Cl. The molecule has 2 aromatic carbocycles. The third-order valence-corrected chi connectivity index (χ3v) is 3.15. The maximum Gasteiger partial charge on any atom is 0.255 e. The van der Waals surface area contributed by atoms with Crippen molar-refractivity contribution in [2.45, 2.75) is 6.10 Å². The van der Waals surface area contributed by atoms with E-state index in [2.05, 4.69) is 5.32 Å². The topological polar surface area (TPSA) is 49.3 Å². The number of hydrogen-bond donors (Lipinski definition) is 2. The summed E-state index contributed by atoms with van der Waals surface area (Å²) in [6, 6.07) is 12.9. The summed E-state index contributed by atoms with van der Waals surface area (Å²) >= 11 is 5.79. The first-order chi connectivity index (χ1) is 9.59. The summed E-state index contributed by atoms with van der Waals surface area (Å²) in [6.07, 6.45) is -0.856. The van der Waals surface area contributed by atoms with E-state index in [0.717, 1.165) is 6.07 Å². The van der Waals surface area contributed by atoms with Crippen LogP contribution in [0.3, 0.4) is 0 Å². The molecule has 1 amide bonds. The van der Waals surface area contributed by atoms with E-state index >= 15 is 0 Å². The summed E-state index contributed by atoms with van der Waals surface area (Å²) in [5.41, 5.74) is 0.460. The predicted molar refractivity (Wildman–Crippen MR) is 75.1 cm³/mol. The fraction of sp³-hybridized carbons (Fsp3) is 0.133. The highest BCUT2D eigenvalue weighted by Gasteiger charge is 2.16. The van der Waals surface area contributed by atoms with Crippen LogP contribution in [0.25, 0.3) is 0 Å². The summed E-state index contributed by atoms with van der Waals surface area (Å²) in [7, 11) is 0. The molecule has 20 heavy (non-hydrogen) atoms. The van der Waals surface area contributed by atoms with Crippen LogP contribution in [0.5, 0.6) is 0 Å². The molecule has 1 unspecified atom stereocenters. The average Bonchev–Trinajstić information content (AvgIpc) is 2.45. The van der Waals surface area contributed by atoms with Gasteiger partial charge in [0.05, 0.1) is 16.7 Å². The van der Waals surface area contributed by atoms with Crippen molar-refractivity contribution in [2.75, 3.05) is 6.54 Å². The van der Waals surface area contributed by atoms with E-state index in [-0.39, 0.29) is 17.1 Å². The first kappa shape index (κ1) is 14.5. The van der Waals surface area contributed by atoms with Crippen molar-refractivity contribution in [2.24, 2.45) is 0 Å². The van der Waals surface area contributed by atoms with Crippen LogP contribution in [0.15, 0.2) is 48.5 Å². The molecule has 3 nitrogen and oxygen atoms in total. The number of amides is 1. The standard InChI is InChI=1S/C15H13ClFNO2/c16-11-7-4-8-12(17)14(11)15(20)18-9-13(19)10-5-2-1-3-6-10/h1-8,13,19H,9H2,(H,18,20). The number of carbonyl (C=O) groups is 1. The van der Waals surface area contributed by atoms with Crippen molar-refractivity contribution in [3.8, 4) is 0 Å². The minimum absolute atomic E-state index is 0.0203. The molecule has 0 bridgehead atoms. The Bertz CT molecular complexity index is 584. The van der Waals surface area contributed by atoms with Gasteiger partial charge in [0.15, 0.2) is 0 Å². The number of hydrogen-bond acceptors (Lipinski definition) is 2. The van der Waals surface area contributed by atoms with Crippen molar-refractivity contribution in [3.05, 3.63) is 70.5 Å². The van der Waals surface area contributed by atoms with Crippen molar-refractivity contribution in [1.82, 2.24) is 5.32 Å². The lowest BCUT2D eigenvalue weighted by Crippen LogP contribution is -2.29. The molecule has 0 aliphatic carbocycles. The molecule has 0 aliphatic heterocycles. The number of nitrogens with one attached hydrogen (secondary N) is 1. The quantitative estimate of drug-likeness (QED) is 0.910. The van der Waals surface area contributed by atoms with Crippen LogP contribution >= 0.6 is 11.6 Å². The van der Waals surface area contributed by atoms with Gasteiger partial charge in [-0.3, -0.25) is 4.79 Å². The van der Waals surface area contributed by atoms with Gasteiger partial charge in [-0.15, -0.1) is 0 Å². The van der Waals surface area contributed by atoms with E-state index in [0.29, 0.717) is 5.56 Å². The van der Waals surface area contributed by atoms with Crippen molar-refractivity contribution < 1.29 is 14.3 Å². The Morgan fingerprint density at radius 3 is 2.55 bits per heavy atom. The summed E-state index contributed by atoms with van der Waals surface area (Å²) in [6.45, 7) is -0.0203.